The Morgan fingerprint density at radius 2 is 1.83 bits per heavy atom. The lowest BCUT2D eigenvalue weighted by atomic mass is 9.78. The number of nitrogens with one attached hydrogen (secondary N) is 1. The molecule has 4 aliphatic heterocycles. The number of fused-ring (bicyclic) bond motifs is 2. The Kier molecular flexibility index (Phi) is 9.43. The van der Waals surface area contributed by atoms with Crippen LogP contribution in [0.2, 0.25) is 0 Å². The molecule has 6 atom stereocenters. The van der Waals surface area contributed by atoms with Crippen molar-refractivity contribution in [3.8, 4) is 0 Å². The van der Waals surface area contributed by atoms with Gasteiger partial charge in [0.25, 0.3) is 0 Å². The van der Waals surface area contributed by atoms with E-state index >= 15 is 0 Å². The molecule has 1 aromatic rings. The summed E-state index contributed by atoms with van der Waals surface area (Å²) in [5, 5.41) is 12.5. The number of aliphatic hydroxyl groups is 1. The summed E-state index contributed by atoms with van der Waals surface area (Å²) in [5.41, 5.74) is -0.644. The summed E-state index contributed by atoms with van der Waals surface area (Å²) in [6, 6.07) is 8.21. The van der Waals surface area contributed by atoms with Gasteiger partial charge in [-0.05, 0) is 24.8 Å². The van der Waals surface area contributed by atoms with Crippen molar-refractivity contribution in [1.82, 2.24) is 15.1 Å². The molecule has 0 saturated carbocycles. The van der Waals surface area contributed by atoms with Gasteiger partial charge in [-0.15, -0.1) is 0 Å². The summed E-state index contributed by atoms with van der Waals surface area (Å²) in [5.74, 6) is -3.32. The van der Waals surface area contributed by atoms with Gasteiger partial charge >= 0.3 is 5.97 Å². The third kappa shape index (κ3) is 5.74. The molecule has 10 nitrogen and oxygen atoms in total. The van der Waals surface area contributed by atoms with Crippen molar-refractivity contribution in [3.63, 3.8) is 0 Å². The summed E-state index contributed by atoms with van der Waals surface area (Å²) in [7, 11) is 0. The van der Waals surface area contributed by atoms with Crippen LogP contribution in [0.15, 0.2) is 54.6 Å². The van der Waals surface area contributed by atoms with Crippen molar-refractivity contribution < 1.29 is 33.8 Å². The average molecular weight is 580 g/mol. The third-order valence-electron chi connectivity index (χ3n) is 8.72. The normalized spacial score (nSPS) is 32.2. The van der Waals surface area contributed by atoms with E-state index in [2.05, 4.69) is 12.2 Å². The van der Waals surface area contributed by atoms with Crippen molar-refractivity contribution in [2.24, 2.45) is 11.8 Å². The summed E-state index contributed by atoms with van der Waals surface area (Å²) in [6.45, 7) is 3.18. The van der Waals surface area contributed by atoms with E-state index < -0.39 is 41.7 Å². The number of benzene rings is 1. The Labute approximate surface area is 246 Å². The predicted molar refractivity (Wildman–Crippen MR) is 154 cm³/mol. The molecule has 0 radical (unpaired) electrons. The molecule has 4 heterocycles. The van der Waals surface area contributed by atoms with Crippen molar-refractivity contribution in [2.45, 2.75) is 69.3 Å². The summed E-state index contributed by atoms with van der Waals surface area (Å²) in [6.07, 6.45) is 9.44. The quantitative estimate of drug-likeness (QED) is 0.275. The number of esters is 1. The van der Waals surface area contributed by atoms with E-state index in [4.69, 9.17) is 9.47 Å². The Hall–Kier alpha value is -3.50. The lowest BCUT2D eigenvalue weighted by Gasteiger charge is -2.35. The number of unbranched alkanes of at least 4 members (excludes halogenated alkanes) is 2. The molecule has 3 amide bonds. The smallest absolute Gasteiger partial charge is 0.313 e. The van der Waals surface area contributed by atoms with Crippen LogP contribution in [0.1, 0.15) is 57.1 Å². The fraction of sp³-hybridized carbons (Fsp3) is 0.562. The van der Waals surface area contributed by atoms with Crippen LogP contribution in [0.4, 0.5) is 0 Å². The highest BCUT2D eigenvalue weighted by molar-refractivity contribution is 5.99. The number of carbonyl (C=O) groups is 4. The molecule has 42 heavy (non-hydrogen) atoms. The maximum Gasteiger partial charge on any atom is 0.313 e. The van der Waals surface area contributed by atoms with Gasteiger partial charge in [0.2, 0.25) is 17.7 Å². The number of allylic oxidation sites excluding steroid dienone is 1. The van der Waals surface area contributed by atoms with Crippen molar-refractivity contribution >= 4 is 23.7 Å². The highest BCUT2D eigenvalue weighted by atomic mass is 16.6. The van der Waals surface area contributed by atoms with Gasteiger partial charge in [-0.2, -0.15) is 0 Å². The first kappa shape index (κ1) is 30.0. The molecular formula is C32H41N3O7. The van der Waals surface area contributed by atoms with Gasteiger partial charge in [-0.25, -0.2) is 0 Å². The first-order chi connectivity index (χ1) is 20.4. The average Bonchev–Trinajstić information content (AvgIpc) is 3.38. The van der Waals surface area contributed by atoms with Crippen LogP contribution in [0.3, 0.4) is 0 Å². The lowest BCUT2D eigenvalue weighted by molar-refractivity contribution is -0.160. The predicted octanol–water partition coefficient (Wildman–Crippen LogP) is 2.29. The van der Waals surface area contributed by atoms with Gasteiger partial charge < -0.3 is 29.7 Å². The van der Waals surface area contributed by atoms with Crippen LogP contribution in [-0.4, -0.2) is 89.1 Å². The zero-order valence-corrected chi connectivity index (χ0v) is 24.2. The molecule has 2 N–H and O–H groups in total. The van der Waals surface area contributed by atoms with E-state index in [-0.39, 0.29) is 43.8 Å². The number of carbonyl (C=O) groups excluding carboxylic acids is 4. The summed E-state index contributed by atoms with van der Waals surface area (Å²) >= 11 is 0. The maximum absolute atomic E-state index is 14.2. The van der Waals surface area contributed by atoms with Gasteiger partial charge in [0, 0.05) is 32.7 Å². The molecule has 2 fully saturated rings. The molecular weight excluding hydrogens is 538 g/mol. The largest absolute Gasteiger partial charge is 0.455 e. The molecule has 0 aliphatic carbocycles. The fourth-order valence-corrected chi connectivity index (χ4v) is 6.69. The number of nitrogens with zero attached hydrogens (tertiary/aromatic N) is 2. The topological polar surface area (TPSA) is 125 Å². The number of hydrogen-bond acceptors (Lipinski definition) is 7. The fourth-order valence-electron chi connectivity index (χ4n) is 6.69. The second-order valence-electron chi connectivity index (χ2n) is 11.5. The second kappa shape index (κ2) is 13.2. The molecule has 1 aromatic carbocycles. The van der Waals surface area contributed by atoms with Gasteiger partial charge in [0.05, 0.1) is 18.6 Å². The molecule has 0 unspecified atom stereocenters. The molecule has 10 heteroatoms. The van der Waals surface area contributed by atoms with Crippen molar-refractivity contribution in [2.75, 3.05) is 32.8 Å². The molecule has 4 aliphatic rings. The minimum absolute atomic E-state index is 0.0939. The van der Waals surface area contributed by atoms with Gasteiger partial charge in [-0.1, -0.05) is 74.4 Å². The Bertz CT molecular complexity index is 1220. The molecule has 226 valence electrons. The minimum atomic E-state index is -1.36. The third-order valence-corrected chi connectivity index (χ3v) is 8.72. The van der Waals surface area contributed by atoms with Crippen LogP contribution in [-0.2, 0) is 28.7 Å². The molecule has 0 bridgehead atoms. The van der Waals surface area contributed by atoms with E-state index in [1.165, 1.54) is 4.90 Å². The number of ether oxygens (including phenoxy) is 2. The van der Waals surface area contributed by atoms with E-state index in [0.29, 0.717) is 25.9 Å². The van der Waals surface area contributed by atoms with Crippen LogP contribution in [0.5, 0.6) is 0 Å². The highest BCUT2D eigenvalue weighted by Crippen LogP contribution is 2.53. The highest BCUT2D eigenvalue weighted by Gasteiger charge is 2.71. The number of likely N-dealkylation sites (tertiary alicyclic amines) is 1. The Morgan fingerprint density at radius 1 is 1.02 bits per heavy atom. The van der Waals surface area contributed by atoms with Gasteiger partial charge in [0.15, 0.2) is 0 Å². The number of amides is 3. The number of cyclic esters (lactones) is 1. The molecule has 0 aromatic heterocycles. The molecule has 5 rings (SSSR count). The first-order valence-corrected chi connectivity index (χ1v) is 15.2. The maximum atomic E-state index is 14.2. The number of rotatable bonds is 8. The van der Waals surface area contributed by atoms with E-state index in [0.717, 1.165) is 24.8 Å². The Morgan fingerprint density at radius 3 is 2.60 bits per heavy atom. The van der Waals surface area contributed by atoms with E-state index in [1.807, 2.05) is 42.5 Å². The summed E-state index contributed by atoms with van der Waals surface area (Å²) < 4.78 is 12.7. The Balaban J connectivity index is 1.54. The SMILES string of the molecule is CCCCCN1CC=C[C@]23O[C@@H]4/C=C\CCC(=O)NC[C@@H](c5ccccc5)OC(=O)[C@@H]4[C@H]2C(=O)N(CCCO)[C@@H]3C1=O. The van der Waals surface area contributed by atoms with Gasteiger partial charge in [-0.3, -0.25) is 19.2 Å². The van der Waals surface area contributed by atoms with Crippen LogP contribution in [0.25, 0.3) is 0 Å². The second-order valence-corrected chi connectivity index (χ2v) is 11.5. The first-order valence-electron chi connectivity index (χ1n) is 15.2. The van der Waals surface area contributed by atoms with E-state index in [9.17, 15) is 24.3 Å². The van der Waals surface area contributed by atoms with Crippen LogP contribution < -0.4 is 5.32 Å². The zero-order valence-electron chi connectivity index (χ0n) is 24.2. The van der Waals surface area contributed by atoms with Crippen molar-refractivity contribution in [1.29, 1.82) is 0 Å². The molecule has 2 saturated heterocycles. The summed E-state index contributed by atoms with van der Waals surface area (Å²) in [4.78, 5) is 58.2. The number of hydrogen-bond donors (Lipinski definition) is 2. The standard InChI is InChI=1S/C32H41N3O7/c1-2-3-9-17-34-18-10-16-32-27(29(38)35(19-11-20-36)28(32)30(34)39)26-23(42-32)14-7-8-15-25(37)33-21-24(41-31(26)40)22-12-5-4-6-13-22/h4-7,10,12-14,16,23-24,26-28,36H,2-3,8-9,11,15,17-21H2,1H3,(H,33,37)/b14-7-/t23-,24+,26+,27+,28-,32+/m1/s1. The lowest BCUT2D eigenvalue weighted by Crippen LogP contribution is -2.55. The van der Waals surface area contributed by atoms with Crippen LogP contribution in [0, 0.1) is 11.8 Å². The molecule has 1 spiro atoms. The van der Waals surface area contributed by atoms with Gasteiger partial charge in [0.1, 0.15) is 23.7 Å². The minimum Gasteiger partial charge on any atom is -0.455 e. The van der Waals surface area contributed by atoms with E-state index in [1.54, 1.807) is 17.1 Å². The monoisotopic (exact) mass is 579 g/mol. The van der Waals surface area contributed by atoms with Crippen LogP contribution >= 0.6 is 0 Å². The zero-order chi connectivity index (χ0) is 29.7. The number of aliphatic hydroxyl groups excluding tert-OH is 1. The van der Waals surface area contributed by atoms with Crippen molar-refractivity contribution in [3.05, 3.63) is 60.2 Å².